The number of hydrogen-bond acceptors (Lipinski definition) is 5. The second-order valence-corrected chi connectivity index (χ2v) is 8.27. The maximum Gasteiger partial charge on any atom is 0.306 e. The number of benzene rings is 2. The Morgan fingerprint density at radius 2 is 1.71 bits per heavy atom. The average Bonchev–Trinajstić information content (AvgIpc) is 2.79. The second kappa shape index (κ2) is 12.4. The fourth-order valence-electron chi connectivity index (χ4n) is 3.84. The number of anilines is 1. The molecule has 1 aliphatic heterocycles. The monoisotopic (exact) mass is 424 g/mol. The molecule has 1 saturated heterocycles. The number of piperazine rings is 1. The lowest BCUT2D eigenvalue weighted by atomic mass is 10.1. The van der Waals surface area contributed by atoms with Crippen LogP contribution >= 0.6 is 0 Å². The number of rotatable bonds is 11. The predicted octanol–water partition coefficient (Wildman–Crippen LogP) is 4.55. The van der Waals surface area contributed by atoms with Crippen LogP contribution < -0.4 is 9.64 Å². The van der Waals surface area contributed by atoms with Gasteiger partial charge in [-0.25, -0.2) is 0 Å². The summed E-state index contributed by atoms with van der Waals surface area (Å²) >= 11 is 0. The predicted molar refractivity (Wildman–Crippen MR) is 126 cm³/mol. The molecule has 0 radical (unpaired) electrons. The van der Waals surface area contributed by atoms with Crippen molar-refractivity contribution in [2.24, 2.45) is 0 Å². The third kappa shape index (κ3) is 7.91. The zero-order valence-corrected chi connectivity index (χ0v) is 19.0. The fraction of sp³-hybridized carbons (Fsp3) is 0.500. The van der Waals surface area contributed by atoms with Crippen molar-refractivity contribution in [3.05, 3.63) is 60.2 Å². The van der Waals surface area contributed by atoms with E-state index in [1.165, 1.54) is 11.3 Å². The zero-order valence-electron chi connectivity index (χ0n) is 19.0. The van der Waals surface area contributed by atoms with Crippen LogP contribution in [0.2, 0.25) is 0 Å². The molecule has 1 unspecified atom stereocenters. The third-order valence-corrected chi connectivity index (χ3v) is 5.65. The van der Waals surface area contributed by atoms with E-state index in [0.29, 0.717) is 13.0 Å². The van der Waals surface area contributed by atoms with Gasteiger partial charge in [0.1, 0.15) is 11.9 Å². The number of carbonyl (C=O) groups excluding carboxylic acids is 1. The van der Waals surface area contributed by atoms with Gasteiger partial charge in [0.2, 0.25) is 0 Å². The van der Waals surface area contributed by atoms with Crippen molar-refractivity contribution in [3.8, 4) is 5.75 Å². The Labute approximate surface area is 187 Å². The number of carbonyl (C=O) groups is 1. The van der Waals surface area contributed by atoms with Crippen molar-refractivity contribution in [1.29, 1.82) is 0 Å². The molecule has 2 aromatic rings. The molecule has 0 aromatic heterocycles. The minimum atomic E-state index is -0.0980. The molecule has 1 aliphatic rings. The first-order chi connectivity index (χ1) is 15.1. The summed E-state index contributed by atoms with van der Waals surface area (Å²) in [4.78, 5) is 16.7. The first-order valence-corrected chi connectivity index (χ1v) is 11.6. The topological polar surface area (TPSA) is 42.0 Å². The molecule has 0 saturated carbocycles. The molecule has 1 fully saturated rings. The smallest absolute Gasteiger partial charge is 0.306 e. The molecule has 3 rings (SSSR count). The lowest BCUT2D eigenvalue weighted by molar-refractivity contribution is -0.143. The number of hydrogen-bond donors (Lipinski definition) is 0. The minimum Gasteiger partial charge on any atom is -0.489 e. The lowest BCUT2D eigenvalue weighted by Crippen LogP contribution is -2.48. The van der Waals surface area contributed by atoms with E-state index in [-0.39, 0.29) is 12.1 Å². The van der Waals surface area contributed by atoms with E-state index in [9.17, 15) is 4.79 Å². The summed E-state index contributed by atoms with van der Waals surface area (Å²) in [6.45, 7) is 9.81. The second-order valence-electron chi connectivity index (χ2n) is 8.27. The van der Waals surface area contributed by atoms with Crippen molar-refractivity contribution in [3.63, 3.8) is 0 Å². The molecule has 1 atom stereocenters. The molecule has 31 heavy (non-hydrogen) atoms. The fourth-order valence-corrected chi connectivity index (χ4v) is 3.84. The standard InChI is InChI=1S/C26H36N2O3/c1-3-4-20-30-26(29)15-12-23-10-13-24(14-11-23)28-18-16-27(17-19-28)21-22(2)31-25-8-6-5-7-9-25/h5-11,13-14,22H,3-4,12,15-21H2,1-2H3. The Balaban J connectivity index is 1.38. The van der Waals surface area contributed by atoms with Gasteiger partial charge < -0.3 is 14.4 Å². The van der Waals surface area contributed by atoms with Gasteiger partial charge in [-0.15, -0.1) is 0 Å². The summed E-state index contributed by atoms with van der Waals surface area (Å²) in [6.07, 6.45) is 3.33. The van der Waals surface area contributed by atoms with Gasteiger partial charge in [0.25, 0.3) is 0 Å². The summed E-state index contributed by atoms with van der Waals surface area (Å²) in [5, 5.41) is 0. The van der Waals surface area contributed by atoms with Gasteiger partial charge in [-0.3, -0.25) is 9.69 Å². The van der Waals surface area contributed by atoms with Crippen LogP contribution in [0.4, 0.5) is 5.69 Å². The van der Waals surface area contributed by atoms with Gasteiger partial charge in [0, 0.05) is 44.8 Å². The summed E-state index contributed by atoms with van der Waals surface area (Å²) in [6, 6.07) is 18.7. The molecule has 5 heteroatoms. The molecule has 1 heterocycles. The number of nitrogens with zero attached hydrogens (tertiary/aromatic N) is 2. The molecule has 2 aromatic carbocycles. The van der Waals surface area contributed by atoms with Crippen LogP contribution in [0.1, 0.15) is 38.7 Å². The summed E-state index contributed by atoms with van der Waals surface area (Å²) in [5.74, 6) is 0.835. The highest BCUT2D eigenvalue weighted by Gasteiger charge is 2.19. The van der Waals surface area contributed by atoms with E-state index in [4.69, 9.17) is 9.47 Å². The van der Waals surface area contributed by atoms with E-state index in [2.05, 4.69) is 47.9 Å². The van der Waals surface area contributed by atoms with Crippen molar-refractivity contribution < 1.29 is 14.3 Å². The molecular formula is C26H36N2O3. The van der Waals surface area contributed by atoms with Crippen LogP contribution in [0.5, 0.6) is 5.75 Å². The zero-order chi connectivity index (χ0) is 21.9. The molecule has 0 spiro atoms. The largest absolute Gasteiger partial charge is 0.489 e. The van der Waals surface area contributed by atoms with Crippen molar-refractivity contribution in [1.82, 2.24) is 4.90 Å². The van der Waals surface area contributed by atoms with E-state index >= 15 is 0 Å². The molecule has 0 amide bonds. The van der Waals surface area contributed by atoms with E-state index in [1.54, 1.807) is 0 Å². The number of unbranched alkanes of at least 4 members (excludes halogenated alkanes) is 1. The molecular weight excluding hydrogens is 388 g/mol. The number of para-hydroxylation sites is 1. The van der Waals surface area contributed by atoms with E-state index < -0.39 is 0 Å². The Morgan fingerprint density at radius 1 is 1.00 bits per heavy atom. The van der Waals surface area contributed by atoms with Gasteiger partial charge in [-0.1, -0.05) is 43.7 Å². The highest BCUT2D eigenvalue weighted by Crippen LogP contribution is 2.19. The molecule has 0 bridgehead atoms. The van der Waals surface area contributed by atoms with Crippen molar-refractivity contribution >= 4 is 11.7 Å². The van der Waals surface area contributed by atoms with E-state index in [1.807, 2.05) is 30.3 Å². The summed E-state index contributed by atoms with van der Waals surface area (Å²) in [7, 11) is 0. The highest BCUT2D eigenvalue weighted by molar-refractivity contribution is 5.69. The van der Waals surface area contributed by atoms with Gasteiger partial charge in [0.05, 0.1) is 6.61 Å². The maximum atomic E-state index is 11.8. The van der Waals surface area contributed by atoms with Gasteiger partial charge in [0.15, 0.2) is 0 Å². The quantitative estimate of drug-likeness (QED) is 0.391. The first kappa shape index (κ1) is 23.1. The lowest BCUT2D eigenvalue weighted by Gasteiger charge is -2.37. The highest BCUT2D eigenvalue weighted by atomic mass is 16.5. The number of ether oxygens (including phenoxy) is 2. The van der Waals surface area contributed by atoms with Gasteiger partial charge >= 0.3 is 5.97 Å². The van der Waals surface area contributed by atoms with Crippen molar-refractivity contribution in [2.75, 3.05) is 44.2 Å². The van der Waals surface area contributed by atoms with Crippen LogP contribution in [0.3, 0.4) is 0 Å². The van der Waals surface area contributed by atoms with E-state index in [0.717, 1.165) is 57.7 Å². The number of esters is 1. The maximum absolute atomic E-state index is 11.8. The summed E-state index contributed by atoms with van der Waals surface area (Å²) in [5.41, 5.74) is 2.43. The Bertz CT molecular complexity index is 771. The van der Waals surface area contributed by atoms with Gasteiger partial charge in [-0.05, 0) is 49.6 Å². The van der Waals surface area contributed by atoms with Crippen molar-refractivity contribution in [2.45, 2.75) is 45.6 Å². The van der Waals surface area contributed by atoms with Gasteiger partial charge in [-0.2, -0.15) is 0 Å². The minimum absolute atomic E-state index is 0.0980. The Morgan fingerprint density at radius 3 is 2.39 bits per heavy atom. The molecule has 0 aliphatic carbocycles. The van der Waals surface area contributed by atoms with Crippen LogP contribution in [-0.2, 0) is 16.0 Å². The van der Waals surface area contributed by atoms with Crippen LogP contribution in [0, 0.1) is 0 Å². The molecule has 168 valence electrons. The van der Waals surface area contributed by atoms with Crippen LogP contribution in [0.15, 0.2) is 54.6 Å². The number of aryl methyl sites for hydroxylation is 1. The average molecular weight is 425 g/mol. The first-order valence-electron chi connectivity index (χ1n) is 11.6. The normalized spacial score (nSPS) is 15.5. The Kier molecular flexibility index (Phi) is 9.22. The third-order valence-electron chi connectivity index (χ3n) is 5.65. The Hall–Kier alpha value is -2.53. The summed E-state index contributed by atoms with van der Waals surface area (Å²) < 4.78 is 11.3. The van der Waals surface area contributed by atoms with Crippen LogP contribution in [0.25, 0.3) is 0 Å². The molecule has 0 N–H and O–H groups in total. The SMILES string of the molecule is CCCCOC(=O)CCc1ccc(N2CCN(CC(C)Oc3ccccc3)CC2)cc1. The molecule has 5 nitrogen and oxygen atoms in total. The van der Waals surface area contributed by atoms with Crippen LogP contribution in [-0.4, -0.2) is 56.3 Å².